The predicted molar refractivity (Wildman–Crippen MR) is 121 cm³/mol. The van der Waals surface area contributed by atoms with Crippen LogP contribution in [-0.2, 0) is 9.53 Å². The first kappa shape index (κ1) is 20.4. The fourth-order valence-electron chi connectivity index (χ4n) is 3.23. The molecule has 0 N–H and O–H groups in total. The van der Waals surface area contributed by atoms with Crippen LogP contribution in [0.15, 0.2) is 72.1 Å². The molecule has 0 saturated heterocycles. The Labute approximate surface area is 184 Å². The fourth-order valence-corrected chi connectivity index (χ4v) is 4.29. The van der Waals surface area contributed by atoms with Gasteiger partial charge in [0.1, 0.15) is 22.3 Å². The maximum Gasteiger partial charge on any atom is 0.319 e. The normalized spacial score (nSPS) is 12.1. The average Bonchev–Trinajstić information content (AvgIpc) is 3.16. The Hall–Kier alpha value is -2.83. The lowest BCUT2D eigenvalue weighted by Gasteiger charge is -2.11. The first-order chi connectivity index (χ1) is 14.6. The average molecular weight is 438 g/mol. The highest BCUT2D eigenvalue weighted by molar-refractivity contribution is 8.00. The first-order valence-electron chi connectivity index (χ1n) is 9.59. The van der Waals surface area contributed by atoms with Crippen molar-refractivity contribution in [1.82, 2.24) is 14.5 Å². The summed E-state index contributed by atoms with van der Waals surface area (Å²) in [5, 5.41) is 1.94. The number of thioether (sulfide) groups is 1. The Morgan fingerprint density at radius 2 is 1.87 bits per heavy atom. The largest absolute Gasteiger partial charge is 0.465 e. The smallest absolute Gasteiger partial charge is 0.319 e. The summed E-state index contributed by atoms with van der Waals surface area (Å²) in [7, 11) is 0. The number of rotatable bonds is 6. The summed E-state index contributed by atoms with van der Waals surface area (Å²) in [4.78, 5) is 21.3. The van der Waals surface area contributed by atoms with Crippen molar-refractivity contribution in [2.24, 2.45) is 0 Å². The van der Waals surface area contributed by atoms with Crippen molar-refractivity contribution in [3.8, 4) is 16.8 Å². The summed E-state index contributed by atoms with van der Waals surface area (Å²) in [5.41, 5.74) is 3.76. The van der Waals surface area contributed by atoms with Gasteiger partial charge in [-0.3, -0.25) is 4.79 Å². The zero-order valence-electron chi connectivity index (χ0n) is 16.6. The van der Waals surface area contributed by atoms with Crippen LogP contribution in [0.4, 0.5) is 0 Å². The van der Waals surface area contributed by atoms with E-state index in [0.717, 1.165) is 32.9 Å². The number of aromatic nitrogens is 3. The van der Waals surface area contributed by atoms with Crippen LogP contribution >= 0.6 is 23.4 Å². The number of fused-ring (bicyclic) bond motifs is 1. The SMILES string of the molecule is CCOC(=O)C(C)Sc1ncnc2c1c(-c1ccccc1)cn2-c1ccc(Cl)cc1. The number of hydrogen-bond donors (Lipinski definition) is 0. The van der Waals surface area contributed by atoms with E-state index in [-0.39, 0.29) is 11.2 Å². The molecule has 30 heavy (non-hydrogen) atoms. The van der Waals surface area contributed by atoms with Crippen LogP contribution in [0.2, 0.25) is 5.02 Å². The molecular weight excluding hydrogens is 418 g/mol. The van der Waals surface area contributed by atoms with Gasteiger partial charge < -0.3 is 9.30 Å². The highest BCUT2D eigenvalue weighted by Crippen LogP contribution is 2.38. The summed E-state index contributed by atoms with van der Waals surface area (Å²) in [6.07, 6.45) is 3.58. The van der Waals surface area contributed by atoms with Crippen molar-refractivity contribution in [2.75, 3.05) is 6.61 Å². The van der Waals surface area contributed by atoms with Crippen molar-refractivity contribution >= 4 is 40.4 Å². The maximum atomic E-state index is 12.2. The molecule has 2 aromatic carbocycles. The molecule has 4 aromatic rings. The highest BCUT2D eigenvalue weighted by atomic mass is 35.5. The fraction of sp³-hybridized carbons (Fsp3) is 0.174. The van der Waals surface area contributed by atoms with Crippen molar-refractivity contribution in [2.45, 2.75) is 24.1 Å². The number of carbonyl (C=O) groups excluding carboxylic acids is 1. The Bertz CT molecular complexity index is 1180. The van der Waals surface area contributed by atoms with Gasteiger partial charge in [-0.2, -0.15) is 0 Å². The number of hydrogen-bond acceptors (Lipinski definition) is 5. The van der Waals surface area contributed by atoms with E-state index in [9.17, 15) is 4.79 Å². The molecule has 0 fully saturated rings. The van der Waals surface area contributed by atoms with E-state index in [1.165, 1.54) is 18.1 Å². The summed E-state index contributed by atoms with van der Waals surface area (Å²) in [6.45, 7) is 3.98. The van der Waals surface area contributed by atoms with Gasteiger partial charge in [0.2, 0.25) is 0 Å². The summed E-state index contributed by atoms with van der Waals surface area (Å²) in [5.74, 6) is -0.257. The lowest BCUT2D eigenvalue weighted by Crippen LogP contribution is -2.16. The molecule has 0 radical (unpaired) electrons. The Morgan fingerprint density at radius 1 is 1.13 bits per heavy atom. The van der Waals surface area contributed by atoms with Gasteiger partial charge in [-0.25, -0.2) is 9.97 Å². The van der Waals surface area contributed by atoms with Crippen LogP contribution in [0.25, 0.3) is 27.8 Å². The van der Waals surface area contributed by atoms with Gasteiger partial charge >= 0.3 is 5.97 Å². The molecule has 1 atom stereocenters. The Morgan fingerprint density at radius 3 is 2.57 bits per heavy atom. The number of halogens is 1. The zero-order chi connectivity index (χ0) is 21.1. The number of benzene rings is 2. The quantitative estimate of drug-likeness (QED) is 0.217. The molecule has 0 aliphatic carbocycles. The monoisotopic (exact) mass is 437 g/mol. The van der Waals surface area contributed by atoms with E-state index in [2.05, 4.69) is 28.3 Å². The van der Waals surface area contributed by atoms with E-state index in [1.54, 1.807) is 6.92 Å². The van der Waals surface area contributed by atoms with E-state index in [4.69, 9.17) is 16.3 Å². The summed E-state index contributed by atoms with van der Waals surface area (Å²) >= 11 is 7.46. The van der Waals surface area contributed by atoms with E-state index >= 15 is 0 Å². The molecule has 0 bridgehead atoms. The molecule has 4 rings (SSSR count). The molecule has 1 unspecified atom stereocenters. The minimum Gasteiger partial charge on any atom is -0.465 e. The number of nitrogens with zero attached hydrogens (tertiary/aromatic N) is 3. The number of carbonyl (C=O) groups is 1. The van der Waals surface area contributed by atoms with Crippen molar-refractivity contribution < 1.29 is 9.53 Å². The molecule has 0 amide bonds. The standard InChI is InChI=1S/C23H20ClN3O2S/c1-3-29-23(28)15(2)30-22-20-19(16-7-5-4-6-8-16)13-27(21(20)25-14-26-22)18-11-9-17(24)10-12-18/h4-15H,3H2,1-2H3. The van der Waals surface area contributed by atoms with Gasteiger partial charge in [0.05, 0.1) is 12.0 Å². The molecule has 0 aliphatic heterocycles. The molecule has 0 spiro atoms. The van der Waals surface area contributed by atoms with Crippen LogP contribution in [-0.4, -0.2) is 32.4 Å². The lowest BCUT2D eigenvalue weighted by atomic mass is 10.1. The van der Waals surface area contributed by atoms with Crippen LogP contribution in [0.3, 0.4) is 0 Å². The summed E-state index contributed by atoms with van der Waals surface area (Å²) < 4.78 is 7.19. The third-order valence-electron chi connectivity index (χ3n) is 4.64. The number of esters is 1. The zero-order valence-corrected chi connectivity index (χ0v) is 18.2. The van der Waals surface area contributed by atoms with E-state index < -0.39 is 0 Å². The van der Waals surface area contributed by atoms with Crippen molar-refractivity contribution in [3.05, 3.63) is 72.1 Å². The van der Waals surface area contributed by atoms with Gasteiger partial charge in [-0.05, 0) is 43.7 Å². The Kier molecular flexibility index (Phi) is 6.06. The van der Waals surface area contributed by atoms with Crippen molar-refractivity contribution in [1.29, 1.82) is 0 Å². The van der Waals surface area contributed by atoms with Crippen LogP contribution in [0, 0.1) is 0 Å². The van der Waals surface area contributed by atoms with Crippen LogP contribution in [0.1, 0.15) is 13.8 Å². The maximum absolute atomic E-state index is 12.2. The number of ether oxygens (including phenoxy) is 1. The minimum atomic E-state index is -0.384. The van der Waals surface area contributed by atoms with Crippen molar-refractivity contribution in [3.63, 3.8) is 0 Å². The molecule has 7 heteroatoms. The lowest BCUT2D eigenvalue weighted by molar-refractivity contribution is -0.142. The topological polar surface area (TPSA) is 57.0 Å². The minimum absolute atomic E-state index is 0.257. The third-order valence-corrected chi connectivity index (χ3v) is 5.98. The Balaban J connectivity index is 1.89. The van der Waals surface area contributed by atoms with Gasteiger partial charge in [0.15, 0.2) is 0 Å². The van der Waals surface area contributed by atoms with Crippen LogP contribution in [0.5, 0.6) is 0 Å². The van der Waals surface area contributed by atoms with Gasteiger partial charge in [0.25, 0.3) is 0 Å². The molecule has 5 nitrogen and oxygen atoms in total. The van der Waals surface area contributed by atoms with E-state index in [1.807, 2.05) is 54.0 Å². The molecule has 2 aromatic heterocycles. The van der Waals surface area contributed by atoms with Gasteiger partial charge in [0, 0.05) is 22.5 Å². The highest BCUT2D eigenvalue weighted by Gasteiger charge is 2.22. The second-order valence-corrected chi connectivity index (χ2v) is 8.41. The molecule has 152 valence electrons. The van der Waals surface area contributed by atoms with Crippen LogP contribution < -0.4 is 0 Å². The third kappa shape index (κ3) is 4.06. The predicted octanol–water partition coefficient (Wildman–Crippen LogP) is 5.78. The molecule has 0 saturated carbocycles. The first-order valence-corrected chi connectivity index (χ1v) is 10.8. The molecule has 0 aliphatic rings. The molecule has 2 heterocycles. The second-order valence-electron chi connectivity index (χ2n) is 6.64. The van der Waals surface area contributed by atoms with Gasteiger partial charge in [-0.1, -0.05) is 53.7 Å². The molecular formula is C23H20ClN3O2S. The summed E-state index contributed by atoms with van der Waals surface area (Å²) in [6, 6.07) is 17.7. The van der Waals surface area contributed by atoms with Gasteiger partial charge in [-0.15, -0.1) is 0 Å². The van der Waals surface area contributed by atoms with E-state index in [0.29, 0.717) is 11.6 Å². The second kappa shape index (κ2) is 8.90.